The Hall–Kier alpha value is -3.01. The number of H-pyrrole nitrogens is 1. The Labute approximate surface area is 193 Å². The summed E-state index contributed by atoms with van der Waals surface area (Å²) in [5.41, 5.74) is 1.20. The lowest BCUT2D eigenvalue weighted by molar-refractivity contribution is -0.126. The van der Waals surface area contributed by atoms with Gasteiger partial charge >= 0.3 is 0 Å². The van der Waals surface area contributed by atoms with Crippen LogP contribution in [0.5, 0.6) is 0 Å². The van der Waals surface area contributed by atoms with E-state index >= 15 is 0 Å². The molecule has 3 heterocycles. The molecule has 8 nitrogen and oxygen atoms in total. The molecule has 5 rings (SSSR count). The van der Waals surface area contributed by atoms with Crippen molar-refractivity contribution in [3.8, 4) is 0 Å². The third kappa shape index (κ3) is 3.38. The monoisotopic (exact) mass is 472 g/mol. The number of amides is 2. The molecule has 0 saturated carbocycles. The van der Waals surface area contributed by atoms with E-state index in [4.69, 9.17) is 16.3 Å². The van der Waals surface area contributed by atoms with E-state index in [1.807, 2.05) is 0 Å². The van der Waals surface area contributed by atoms with Gasteiger partial charge in [-0.3, -0.25) is 14.7 Å². The number of rotatable bonds is 4. The first kappa shape index (κ1) is 21.8. The third-order valence-corrected chi connectivity index (χ3v) is 7.07. The van der Waals surface area contributed by atoms with Crippen LogP contribution < -0.4 is 4.90 Å². The van der Waals surface area contributed by atoms with Crippen molar-refractivity contribution in [3.63, 3.8) is 0 Å². The fourth-order valence-corrected chi connectivity index (χ4v) is 5.26. The minimum atomic E-state index is -1.19. The summed E-state index contributed by atoms with van der Waals surface area (Å²) in [4.78, 5) is 29.8. The molecule has 172 valence electrons. The van der Waals surface area contributed by atoms with Gasteiger partial charge in [-0.15, -0.1) is 0 Å². The van der Waals surface area contributed by atoms with Gasteiger partial charge in [-0.1, -0.05) is 11.6 Å². The minimum absolute atomic E-state index is 0.0968. The molecule has 10 heteroatoms. The molecule has 0 aliphatic carbocycles. The molecule has 1 fully saturated rings. The number of likely N-dealkylation sites (tertiary alicyclic amines) is 1. The number of aliphatic hydroxyl groups is 1. The smallest absolute Gasteiger partial charge is 0.253 e. The van der Waals surface area contributed by atoms with Crippen LogP contribution in [0.3, 0.4) is 0 Å². The molecule has 2 aliphatic heterocycles. The predicted molar refractivity (Wildman–Crippen MR) is 120 cm³/mol. The van der Waals surface area contributed by atoms with Gasteiger partial charge in [0.2, 0.25) is 5.91 Å². The van der Waals surface area contributed by atoms with E-state index in [2.05, 4.69) is 10.2 Å². The number of carbonyl (C=O) groups excluding carboxylic acids is 2. The second-order valence-corrected chi connectivity index (χ2v) is 8.79. The first-order chi connectivity index (χ1) is 15.9. The van der Waals surface area contributed by atoms with Crippen LogP contribution in [0, 0.1) is 5.82 Å². The standard InChI is InChI=1S/C23H22ClFN4O4/c1-33-18(30)12-29-17-5-3-15(25)20(24)19(17)23(22(29)32)6-8-28(9-7-23)21(31)13-2-4-16-14(10-13)11-26-27-16/h2-5,10-11,18,30H,6-9,12H2,1H3,(H,26,27). The summed E-state index contributed by atoms with van der Waals surface area (Å²) in [5.74, 6) is -1.02. The molecule has 3 aromatic rings. The molecule has 2 N–H and O–H groups in total. The van der Waals surface area contributed by atoms with Crippen molar-refractivity contribution in [1.29, 1.82) is 0 Å². The maximum atomic E-state index is 14.4. The first-order valence-electron chi connectivity index (χ1n) is 10.6. The van der Waals surface area contributed by atoms with Crippen LogP contribution in [-0.4, -0.2) is 65.1 Å². The van der Waals surface area contributed by atoms with Crippen LogP contribution in [0.15, 0.2) is 36.5 Å². The number of halogens is 2. The SMILES string of the molecule is COC(O)CN1C(=O)C2(CCN(C(=O)c3ccc4[nH]ncc4c3)CC2)c2c1ccc(F)c2Cl. The summed E-state index contributed by atoms with van der Waals surface area (Å²) >= 11 is 6.37. The summed E-state index contributed by atoms with van der Waals surface area (Å²) in [6.45, 7) is 0.515. The van der Waals surface area contributed by atoms with E-state index in [1.54, 1.807) is 29.3 Å². The lowest BCUT2D eigenvalue weighted by Crippen LogP contribution is -2.51. The molecular weight excluding hydrogens is 451 g/mol. The normalized spacial score (nSPS) is 18.2. The van der Waals surface area contributed by atoms with Gasteiger partial charge in [0.25, 0.3) is 5.91 Å². The number of nitrogens with zero attached hydrogens (tertiary/aromatic N) is 3. The Morgan fingerprint density at radius 2 is 2.09 bits per heavy atom. The first-order valence-corrected chi connectivity index (χ1v) is 11.0. The van der Waals surface area contributed by atoms with Crippen molar-refractivity contribution in [2.75, 3.05) is 31.6 Å². The van der Waals surface area contributed by atoms with Gasteiger partial charge in [-0.25, -0.2) is 4.39 Å². The van der Waals surface area contributed by atoms with Crippen LogP contribution in [0.1, 0.15) is 28.8 Å². The van der Waals surface area contributed by atoms with Gasteiger partial charge in [0, 0.05) is 42.4 Å². The van der Waals surface area contributed by atoms with E-state index in [0.717, 1.165) is 10.9 Å². The van der Waals surface area contributed by atoms with Crippen LogP contribution >= 0.6 is 11.6 Å². The molecular formula is C23H22ClFN4O4. The van der Waals surface area contributed by atoms with Crippen molar-refractivity contribution in [1.82, 2.24) is 15.1 Å². The molecule has 0 radical (unpaired) electrons. The number of anilines is 1. The third-order valence-electron chi connectivity index (χ3n) is 6.70. The van der Waals surface area contributed by atoms with Crippen molar-refractivity contribution >= 4 is 40.0 Å². The van der Waals surface area contributed by atoms with E-state index < -0.39 is 17.5 Å². The highest BCUT2D eigenvalue weighted by molar-refractivity contribution is 6.33. The molecule has 2 amide bonds. The Bertz CT molecular complexity index is 1250. The molecule has 1 unspecified atom stereocenters. The lowest BCUT2D eigenvalue weighted by Gasteiger charge is -2.39. The highest BCUT2D eigenvalue weighted by Gasteiger charge is 2.54. The molecule has 2 aliphatic rings. The second-order valence-electron chi connectivity index (χ2n) is 8.41. The zero-order valence-electron chi connectivity index (χ0n) is 17.8. The van der Waals surface area contributed by atoms with Crippen molar-refractivity contribution < 1.29 is 23.8 Å². The van der Waals surface area contributed by atoms with Crippen molar-refractivity contribution in [2.45, 2.75) is 24.5 Å². The maximum Gasteiger partial charge on any atom is 0.253 e. The average molecular weight is 473 g/mol. The van der Waals surface area contributed by atoms with E-state index in [-0.39, 0.29) is 23.4 Å². The Morgan fingerprint density at radius 3 is 2.82 bits per heavy atom. The van der Waals surface area contributed by atoms with Gasteiger partial charge in [0.1, 0.15) is 5.82 Å². The fourth-order valence-electron chi connectivity index (χ4n) is 4.92. The van der Waals surface area contributed by atoms with Gasteiger partial charge in [0.15, 0.2) is 6.29 Å². The summed E-state index contributed by atoms with van der Waals surface area (Å²) in [7, 11) is 1.34. The number of piperidine rings is 1. The number of β-amino-alcohol motifs (C(OH)–C–C–N with tert-alkyl or cyclic N) is 1. The molecule has 1 aromatic heterocycles. The molecule has 33 heavy (non-hydrogen) atoms. The molecule has 2 aromatic carbocycles. The number of aliphatic hydroxyl groups excluding tert-OH is 1. The summed E-state index contributed by atoms with van der Waals surface area (Å²) in [6.07, 6.45) is 1.05. The molecule has 1 saturated heterocycles. The summed E-state index contributed by atoms with van der Waals surface area (Å²) in [5, 5.41) is 17.6. The minimum Gasteiger partial charge on any atom is -0.366 e. The topological polar surface area (TPSA) is 98.8 Å². The lowest BCUT2D eigenvalue weighted by atomic mass is 9.73. The Kier molecular flexibility index (Phi) is 5.35. The number of hydrogen-bond acceptors (Lipinski definition) is 5. The van der Waals surface area contributed by atoms with Gasteiger partial charge in [0.05, 0.1) is 28.7 Å². The fraction of sp³-hybridized carbons (Fsp3) is 0.348. The Morgan fingerprint density at radius 1 is 1.33 bits per heavy atom. The largest absolute Gasteiger partial charge is 0.366 e. The summed E-state index contributed by atoms with van der Waals surface area (Å²) in [6, 6.07) is 8.04. The van der Waals surface area contributed by atoms with Crippen LogP contribution in [0.2, 0.25) is 5.02 Å². The zero-order valence-corrected chi connectivity index (χ0v) is 18.6. The van der Waals surface area contributed by atoms with Crippen LogP contribution in [-0.2, 0) is 14.9 Å². The molecule has 1 spiro atoms. The van der Waals surface area contributed by atoms with Crippen LogP contribution in [0.25, 0.3) is 10.9 Å². The number of hydrogen-bond donors (Lipinski definition) is 2. The quantitative estimate of drug-likeness (QED) is 0.569. The predicted octanol–water partition coefficient (Wildman–Crippen LogP) is 2.84. The number of aromatic nitrogens is 2. The number of carbonyl (C=O) groups is 2. The number of nitrogens with one attached hydrogen (secondary N) is 1. The van der Waals surface area contributed by atoms with Crippen molar-refractivity contribution in [3.05, 3.63) is 58.5 Å². The van der Waals surface area contributed by atoms with Gasteiger partial charge < -0.3 is 19.6 Å². The number of fused-ring (bicyclic) bond motifs is 3. The van der Waals surface area contributed by atoms with E-state index in [0.29, 0.717) is 42.7 Å². The van der Waals surface area contributed by atoms with Crippen molar-refractivity contribution in [2.24, 2.45) is 0 Å². The van der Waals surface area contributed by atoms with Gasteiger partial charge in [-0.2, -0.15) is 5.10 Å². The zero-order chi connectivity index (χ0) is 23.3. The molecule has 0 bridgehead atoms. The molecule has 1 atom stereocenters. The van der Waals surface area contributed by atoms with Gasteiger partial charge in [-0.05, 0) is 43.2 Å². The Balaban J connectivity index is 1.44. The number of aromatic amines is 1. The highest BCUT2D eigenvalue weighted by atomic mass is 35.5. The second kappa shape index (κ2) is 8.09. The number of methoxy groups -OCH3 is 1. The number of ether oxygens (including phenoxy) is 1. The van der Waals surface area contributed by atoms with E-state index in [1.165, 1.54) is 24.1 Å². The summed E-state index contributed by atoms with van der Waals surface area (Å²) < 4.78 is 19.3. The number of benzene rings is 2. The van der Waals surface area contributed by atoms with Crippen LogP contribution in [0.4, 0.5) is 10.1 Å². The maximum absolute atomic E-state index is 14.4. The highest BCUT2D eigenvalue weighted by Crippen LogP contribution is 2.51. The van der Waals surface area contributed by atoms with E-state index in [9.17, 15) is 19.1 Å². The average Bonchev–Trinajstić information content (AvgIpc) is 3.38.